The van der Waals surface area contributed by atoms with Crippen molar-refractivity contribution in [1.29, 1.82) is 0 Å². The third kappa shape index (κ3) is 3.70. The molecule has 5 rings (SSSR count). The van der Waals surface area contributed by atoms with E-state index in [2.05, 4.69) is 15.5 Å². The summed E-state index contributed by atoms with van der Waals surface area (Å²) in [5, 5.41) is 24.0. The normalized spacial score (nSPS) is 19.9. The number of amides is 2. The van der Waals surface area contributed by atoms with Crippen molar-refractivity contribution in [1.82, 2.24) is 25.1 Å². The van der Waals surface area contributed by atoms with E-state index in [4.69, 9.17) is 0 Å². The number of hydrogen-bond acceptors (Lipinski definition) is 8. The summed E-state index contributed by atoms with van der Waals surface area (Å²) >= 11 is 1.02. The van der Waals surface area contributed by atoms with E-state index in [0.29, 0.717) is 24.4 Å². The largest absolute Gasteiger partial charge is 0.502 e. The maximum atomic E-state index is 14.1. The number of aromatic nitrogens is 3. The van der Waals surface area contributed by atoms with Crippen molar-refractivity contribution in [3.63, 3.8) is 0 Å². The second kappa shape index (κ2) is 8.66. The number of nitrogens with zero attached hydrogens (tertiary/aromatic N) is 5. The van der Waals surface area contributed by atoms with Gasteiger partial charge in [-0.05, 0) is 18.1 Å². The second-order valence-electron chi connectivity index (χ2n) is 8.80. The van der Waals surface area contributed by atoms with Gasteiger partial charge in [0.15, 0.2) is 16.5 Å². The van der Waals surface area contributed by atoms with Crippen molar-refractivity contribution >= 4 is 23.2 Å². The van der Waals surface area contributed by atoms with Crippen LogP contribution in [-0.4, -0.2) is 63.0 Å². The van der Waals surface area contributed by atoms with Crippen molar-refractivity contribution in [3.05, 3.63) is 62.5 Å². The van der Waals surface area contributed by atoms with Crippen LogP contribution < -0.4 is 15.8 Å². The first kappa shape index (κ1) is 23.9. The highest BCUT2D eigenvalue weighted by Gasteiger charge is 2.49. The number of carbonyl (C=O) groups is 2. The third-order valence-corrected chi connectivity index (χ3v) is 7.83. The summed E-state index contributed by atoms with van der Waals surface area (Å²) in [7, 11) is 3.31. The summed E-state index contributed by atoms with van der Waals surface area (Å²) in [4.78, 5) is 39.8. The number of pyridine rings is 1. The van der Waals surface area contributed by atoms with E-state index in [0.717, 1.165) is 23.5 Å². The minimum atomic E-state index is -0.867. The van der Waals surface area contributed by atoms with Gasteiger partial charge < -0.3 is 15.3 Å². The zero-order chi connectivity index (χ0) is 25.8. The lowest BCUT2D eigenvalue weighted by molar-refractivity contribution is -0.121. The van der Waals surface area contributed by atoms with Gasteiger partial charge in [-0.25, -0.2) is 8.78 Å². The summed E-state index contributed by atoms with van der Waals surface area (Å²) in [5.74, 6) is -2.80. The van der Waals surface area contributed by atoms with Crippen molar-refractivity contribution in [2.24, 2.45) is 0 Å². The Morgan fingerprint density at radius 1 is 1.17 bits per heavy atom. The fourth-order valence-electron chi connectivity index (χ4n) is 4.79. The van der Waals surface area contributed by atoms with Crippen LogP contribution in [0, 0.1) is 11.6 Å². The Morgan fingerprint density at radius 2 is 1.94 bits per heavy atom. The quantitative estimate of drug-likeness (QED) is 0.543. The van der Waals surface area contributed by atoms with Gasteiger partial charge in [-0.2, -0.15) is 0 Å². The molecule has 1 saturated heterocycles. The fraction of sp³-hybridized carbons (Fsp3) is 0.348. The highest BCUT2D eigenvalue weighted by Crippen LogP contribution is 2.36. The molecule has 2 aliphatic heterocycles. The second-order valence-corrected chi connectivity index (χ2v) is 9.86. The molecule has 188 valence electrons. The van der Waals surface area contributed by atoms with Gasteiger partial charge in [-0.3, -0.25) is 24.1 Å². The molecule has 1 atom stereocenters. The van der Waals surface area contributed by atoms with Crippen LogP contribution in [0.3, 0.4) is 0 Å². The van der Waals surface area contributed by atoms with Crippen LogP contribution in [0.1, 0.15) is 40.3 Å². The standard InChI is InChI=1S/C23H22F2N6O4S/c1-29-22(35)18-20(34)19(33)14(11-31(18)30(2)23(29)6-5-16(32)26-8-7-23)21-28-27-17(36-21)9-12-3-4-13(24)10-15(12)25/h3-4,10-11,34H,5-9H2,1-2H3,(H,26,32). The molecule has 4 heterocycles. The van der Waals surface area contributed by atoms with E-state index in [-0.39, 0.29) is 40.6 Å². The predicted octanol–water partition coefficient (Wildman–Crippen LogP) is 1.59. The van der Waals surface area contributed by atoms with Gasteiger partial charge in [0.05, 0.1) is 5.56 Å². The SMILES string of the molecule is CN1C(=O)c2c(O)c(=O)c(-c3nnc(Cc4ccc(F)cc4F)s3)cn2N(C)C12CCNC(=O)CC2. The lowest BCUT2D eigenvalue weighted by Gasteiger charge is -2.52. The molecule has 1 spiro atoms. The summed E-state index contributed by atoms with van der Waals surface area (Å²) in [6, 6.07) is 3.24. The zero-order valence-corrected chi connectivity index (χ0v) is 20.2. The Morgan fingerprint density at radius 3 is 2.69 bits per heavy atom. The summed E-state index contributed by atoms with van der Waals surface area (Å²) in [6.07, 6.45) is 2.45. The molecular weight excluding hydrogens is 494 g/mol. The van der Waals surface area contributed by atoms with Crippen molar-refractivity contribution in [2.45, 2.75) is 31.3 Å². The molecule has 1 aromatic carbocycles. The minimum Gasteiger partial charge on any atom is -0.502 e. The molecule has 1 unspecified atom stereocenters. The average molecular weight is 517 g/mol. The molecule has 10 nitrogen and oxygen atoms in total. The van der Waals surface area contributed by atoms with E-state index in [1.807, 2.05) is 0 Å². The molecular formula is C23H22F2N6O4S. The number of fused-ring (bicyclic) bond motifs is 1. The van der Waals surface area contributed by atoms with Crippen molar-refractivity contribution in [2.75, 3.05) is 25.6 Å². The lowest BCUT2D eigenvalue weighted by Crippen LogP contribution is -2.68. The van der Waals surface area contributed by atoms with Crippen LogP contribution >= 0.6 is 11.3 Å². The van der Waals surface area contributed by atoms with Gasteiger partial charge >= 0.3 is 0 Å². The van der Waals surface area contributed by atoms with Gasteiger partial charge in [0, 0.05) is 52.2 Å². The molecule has 1 fully saturated rings. The molecule has 0 aliphatic carbocycles. The first-order chi connectivity index (χ1) is 17.1. The molecule has 2 N–H and O–H groups in total. The number of nitrogens with one attached hydrogen (secondary N) is 1. The number of rotatable bonds is 3. The molecule has 13 heteroatoms. The highest BCUT2D eigenvalue weighted by atomic mass is 32.1. The number of benzene rings is 1. The van der Waals surface area contributed by atoms with Gasteiger partial charge in [0.25, 0.3) is 5.91 Å². The number of carbonyl (C=O) groups excluding carboxylic acids is 2. The molecule has 2 amide bonds. The van der Waals surface area contributed by atoms with E-state index in [1.54, 1.807) is 19.1 Å². The summed E-state index contributed by atoms with van der Waals surface area (Å²) in [5.41, 5.74) is -1.62. The van der Waals surface area contributed by atoms with Gasteiger partial charge in [0.1, 0.15) is 22.3 Å². The Bertz CT molecular complexity index is 1460. The highest BCUT2D eigenvalue weighted by molar-refractivity contribution is 7.14. The number of aromatic hydroxyl groups is 1. The first-order valence-electron chi connectivity index (χ1n) is 11.2. The van der Waals surface area contributed by atoms with Crippen LogP contribution in [0.25, 0.3) is 10.6 Å². The van der Waals surface area contributed by atoms with Crippen LogP contribution in [0.5, 0.6) is 5.75 Å². The molecule has 3 aromatic rings. The van der Waals surface area contributed by atoms with Crippen LogP contribution in [0.15, 0.2) is 29.2 Å². The van der Waals surface area contributed by atoms with Gasteiger partial charge in [-0.1, -0.05) is 17.4 Å². The maximum Gasteiger partial charge on any atom is 0.278 e. The van der Waals surface area contributed by atoms with Gasteiger partial charge in [0.2, 0.25) is 11.3 Å². The molecule has 36 heavy (non-hydrogen) atoms. The Labute approximate surface area is 207 Å². The van der Waals surface area contributed by atoms with Crippen LogP contribution in [0.4, 0.5) is 8.78 Å². The van der Waals surface area contributed by atoms with Gasteiger partial charge in [-0.15, -0.1) is 10.2 Å². The van der Waals surface area contributed by atoms with E-state index in [1.165, 1.54) is 21.8 Å². The molecule has 0 saturated carbocycles. The topological polar surface area (TPSA) is 121 Å². The maximum absolute atomic E-state index is 14.1. The predicted molar refractivity (Wildman–Crippen MR) is 126 cm³/mol. The molecule has 0 bridgehead atoms. The molecule has 0 radical (unpaired) electrons. The average Bonchev–Trinajstić information content (AvgIpc) is 3.21. The zero-order valence-electron chi connectivity index (χ0n) is 19.4. The Balaban J connectivity index is 1.56. The lowest BCUT2D eigenvalue weighted by atomic mass is 9.96. The summed E-state index contributed by atoms with van der Waals surface area (Å²) < 4.78 is 28.7. The van der Waals surface area contributed by atoms with E-state index in [9.17, 15) is 28.3 Å². The van der Waals surface area contributed by atoms with Crippen LogP contribution in [0.2, 0.25) is 0 Å². The smallest absolute Gasteiger partial charge is 0.278 e. The molecule has 2 aromatic heterocycles. The molecule has 2 aliphatic rings. The monoisotopic (exact) mass is 516 g/mol. The minimum absolute atomic E-state index is 0.0155. The van der Waals surface area contributed by atoms with Crippen LogP contribution in [-0.2, 0) is 11.2 Å². The number of halogens is 2. The van der Waals surface area contributed by atoms with E-state index < -0.39 is 34.4 Å². The van der Waals surface area contributed by atoms with E-state index >= 15 is 0 Å². The first-order valence-corrected chi connectivity index (χ1v) is 12.0. The number of hydrogen-bond donors (Lipinski definition) is 2. The third-order valence-electron chi connectivity index (χ3n) is 6.88. The Hall–Kier alpha value is -3.87. The Kier molecular flexibility index (Phi) is 5.74. The summed E-state index contributed by atoms with van der Waals surface area (Å²) in [6.45, 7) is 0.356. The van der Waals surface area contributed by atoms with Crippen molar-refractivity contribution < 1.29 is 23.5 Å². The van der Waals surface area contributed by atoms with Crippen molar-refractivity contribution in [3.8, 4) is 16.3 Å². The fourth-order valence-corrected chi connectivity index (χ4v) is 5.66.